The van der Waals surface area contributed by atoms with Gasteiger partial charge in [0.05, 0.1) is 0 Å². The third-order valence-corrected chi connectivity index (χ3v) is 15.7. The molecule has 0 saturated heterocycles. The first kappa shape index (κ1) is 78.6. The van der Waals surface area contributed by atoms with Crippen molar-refractivity contribution in [1.29, 1.82) is 0 Å². The Morgan fingerprint density at radius 1 is 0.256 bits per heavy atom. The van der Waals surface area contributed by atoms with Crippen LogP contribution >= 0.6 is 0 Å². The molecular formula is C76H134O6. The lowest BCUT2D eigenvalue weighted by atomic mass is 10.0. The third kappa shape index (κ3) is 67.4. The second kappa shape index (κ2) is 70.1. The molecule has 6 nitrogen and oxygen atoms in total. The first-order valence-corrected chi connectivity index (χ1v) is 35.6. The molecule has 0 aromatic rings. The van der Waals surface area contributed by atoms with Gasteiger partial charge in [-0.15, -0.1) is 0 Å². The van der Waals surface area contributed by atoms with Gasteiger partial charge in [0.15, 0.2) is 6.10 Å². The SMILES string of the molecule is CC/C=C\C/C=C\C/C=C\C/C=C\C/C=C\C/C=C\C/C=C\CCCCCCCC(=O)OC(COC(=O)CCCCCCCC)COC(=O)CCCCCCCCCCCCCCCCCCCCCCCCCCCCCCCCC. The van der Waals surface area contributed by atoms with Crippen LogP contribution in [0.2, 0.25) is 0 Å². The fourth-order valence-corrected chi connectivity index (χ4v) is 10.4. The van der Waals surface area contributed by atoms with E-state index in [-0.39, 0.29) is 31.1 Å². The van der Waals surface area contributed by atoms with E-state index in [0.29, 0.717) is 19.3 Å². The Labute approximate surface area is 509 Å². The van der Waals surface area contributed by atoms with Crippen LogP contribution in [0.25, 0.3) is 0 Å². The summed E-state index contributed by atoms with van der Waals surface area (Å²) in [5, 5.41) is 0. The first-order valence-electron chi connectivity index (χ1n) is 35.6. The highest BCUT2D eigenvalue weighted by Crippen LogP contribution is 2.18. The number of ether oxygens (including phenoxy) is 3. The van der Waals surface area contributed by atoms with Gasteiger partial charge in [0.2, 0.25) is 0 Å². The molecule has 0 saturated carbocycles. The molecule has 0 fully saturated rings. The molecule has 474 valence electrons. The molecule has 0 heterocycles. The Kier molecular flexibility index (Phi) is 67.2. The van der Waals surface area contributed by atoms with E-state index in [1.807, 2.05) is 0 Å². The van der Waals surface area contributed by atoms with E-state index in [4.69, 9.17) is 14.2 Å². The van der Waals surface area contributed by atoms with Crippen molar-refractivity contribution in [1.82, 2.24) is 0 Å². The minimum absolute atomic E-state index is 0.0813. The smallest absolute Gasteiger partial charge is 0.306 e. The maximum absolute atomic E-state index is 12.9. The van der Waals surface area contributed by atoms with Crippen molar-refractivity contribution in [2.45, 2.75) is 367 Å². The average Bonchev–Trinajstić information content (AvgIpc) is 3.47. The zero-order valence-electron chi connectivity index (χ0n) is 54.5. The van der Waals surface area contributed by atoms with Crippen LogP contribution in [0.1, 0.15) is 361 Å². The fourth-order valence-electron chi connectivity index (χ4n) is 10.4. The molecule has 0 aliphatic heterocycles. The number of unbranched alkanes of at least 4 members (excludes halogenated alkanes) is 40. The van der Waals surface area contributed by atoms with E-state index >= 15 is 0 Å². The standard InChI is InChI=1S/C76H134O6/c1-4-7-10-13-16-18-20-22-24-26-28-30-32-34-36-37-38-39-41-42-44-46-48-50-52-54-56-58-60-63-66-69-75(78)81-72-73(71-80-74(77)68-65-62-15-12-9-6-3)82-76(79)70-67-64-61-59-57-55-53-51-49-47-45-43-40-35-33-31-29-27-25-23-21-19-17-14-11-8-5-2/h8,11,17,19,23,25,29,31,35,40,45,47,51,53,73H,4-7,9-10,12-16,18,20-22,24,26-28,30,32-34,36-39,41-44,46,48-50,52,54-72H2,1-3H3/b11-8-,19-17-,25-23-,31-29-,40-35-,47-45-,53-51-. The van der Waals surface area contributed by atoms with Crippen LogP contribution in [0.15, 0.2) is 85.1 Å². The number of allylic oxidation sites excluding steroid dienone is 14. The summed E-state index contributed by atoms with van der Waals surface area (Å²) in [4.78, 5) is 38.1. The average molecular weight is 1140 g/mol. The van der Waals surface area contributed by atoms with E-state index in [1.165, 1.54) is 199 Å². The summed E-state index contributed by atoms with van der Waals surface area (Å²) < 4.78 is 16.8. The van der Waals surface area contributed by atoms with Gasteiger partial charge in [-0.05, 0) is 77.0 Å². The van der Waals surface area contributed by atoms with Gasteiger partial charge >= 0.3 is 17.9 Å². The summed E-state index contributed by atoms with van der Waals surface area (Å²) in [5.74, 6) is -0.896. The molecule has 1 atom stereocenters. The summed E-state index contributed by atoms with van der Waals surface area (Å²) in [6.45, 7) is 6.50. The molecule has 0 rings (SSSR count). The molecule has 0 aromatic heterocycles. The molecule has 0 N–H and O–H groups in total. The Morgan fingerprint density at radius 3 is 0.744 bits per heavy atom. The van der Waals surface area contributed by atoms with E-state index in [9.17, 15) is 14.4 Å². The summed E-state index contributed by atoms with van der Waals surface area (Å²) in [7, 11) is 0. The van der Waals surface area contributed by atoms with Crippen molar-refractivity contribution in [3.05, 3.63) is 85.1 Å². The molecule has 0 aliphatic rings. The van der Waals surface area contributed by atoms with Crippen molar-refractivity contribution in [2.24, 2.45) is 0 Å². The maximum atomic E-state index is 12.9. The molecule has 1 unspecified atom stereocenters. The number of carbonyl (C=O) groups excluding carboxylic acids is 3. The van der Waals surface area contributed by atoms with Crippen LogP contribution in [0, 0.1) is 0 Å². The number of rotatable bonds is 65. The summed E-state index contributed by atoms with van der Waals surface area (Å²) in [6, 6.07) is 0. The number of hydrogen-bond acceptors (Lipinski definition) is 6. The quantitative estimate of drug-likeness (QED) is 0.0261. The van der Waals surface area contributed by atoms with Crippen LogP contribution in [-0.4, -0.2) is 37.2 Å². The Balaban J connectivity index is 4.04. The van der Waals surface area contributed by atoms with Crippen molar-refractivity contribution in [3.63, 3.8) is 0 Å². The highest BCUT2D eigenvalue weighted by atomic mass is 16.6. The minimum Gasteiger partial charge on any atom is -0.462 e. The number of esters is 3. The van der Waals surface area contributed by atoms with E-state index in [1.54, 1.807) is 0 Å². The molecule has 0 amide bonds. The van der Waals surface area contributed by atoms with Gasteiger partial charge in [0.25, 0.3) is 0 Å². The Morgan fingerprint density at radius 2 is 0.476 bits per heavy atom. The van der Waals surface area contributed by atoms with E-state index in [2.05, 4.69) is 106 Å². The zero-order valence-corrected chi connectivity index (χ0v) is 54.5. The third-order valence-electron chi connectivity index (χ3n) is 15.7. The Bertz CT molecular complexity index is 1550. The van der Waals surface area contributed by atoms with Crippen LogP contribution < -0.4 is 0 Å². The Hall–Kier alpha value is -3.41. The minimum atomic E-state index is -0.784. The molecule has 0 aromatic carbocycles. The molecule has 82 heavy (non-hydrogen) atoms. The van der Waals surface area contributed by atoms with E-state index in [0.717, 1.165) is 122 Å². The molecular weight excluding hydrogens is 1010 g/mol. The van der Waals surface area contributed by atoms with Crippen LogP contribution in [0.4, 0.5) is 0 Å². The van der Waals surface area contributed by atoms with Gasteiger partial charge in [-0.3, -0.25) is 14.4 Å². The van der Waals surface area contributed by atoms with Crippen molar-refractivity contribution >= 4 is 17.9 Å². The largest absolute Gasteiger partial charge is 0.462 e. The van der Waals surface area contributed by atoms with Crippen molar-refractivity contribution < 1.29 is 28.6 Å². The molecule has 6 heteroatoms. The van der Waals surface area contributed by atoms with Crippen molar-refractivity contribution in [2.75, 3.05) is 13.2 Å². The lowest BCUT2D eigenvalue weighted by Crippen LogP contribution is -2.30. The first-order chi connectivity index (χ1) is 40.5. The van der Waals surface area contributed by atoms with Crippen LogP contribution in [0.3, 0.4) is 0 Å². The highest BCUT2D eigenvalue weighted by molar-refractivity contribution is 5.71. The van der Waals surface area contributed by atoms with Gasteiger partial charge in [0.1, 0.15) is 13.2 Å². The monoisotopic (exact) mass is 1140 g/mol. The molecule has 0 aliphatic carbocycles. The van der Waals surface area contributed by atoms with Gasteiger partial charge in [-0.2, -0.15) is 0 Å². The molecule has 0 spiro atoms. The predicted molar refractivity (Wildman–Crippen MR) is 358 cm³/mol. The summed E-state index contributed by atoms with van der Waals surface area (Å²) >= 11 is 0. The summed E-state index contributed by atoms with van der Waals surface area (Å²) in [5.41, 5.74) is 0. The fraction of sp³-hybridized carbons (Fsp3) is 0.776. The predicted octanol–water partition coefficient (Wildman–Crippen LogP) is 24.6. The number of carbonyl (C=O) groups is 3. The normalized spacial score (nSPS) is 12.6. The van der Waals surface area contributed by atoms with Gasteiger partial charge in [-0.25, -0.2) is 0 Å². The zero-order chi connectivity index (χ0) is 59.2. The number of hydrogen-bond donors (Lipinski definition) is 0. The second-order valence-electron chi connectivity index (χ2n) is 23.8. The second-order valence-corrected chi connectivity index (χ2v) is 23.8. The van der Waals surface area contributed by atoms with Gasteiger partial charge in [0, 0.05) is 19.3 Å². The van der Waals surface area contributed by atoms with Gasteiger partial charge in [-0.1, -0.05) is 350 Å². The topological polar surface area (TPSA) is 78.9 Å². The van der Waals surface area contributed by atoms with Gasteiger partial charge < -0.3 is 14.2 Å². The summed E-state index contributed by atoms with van der Waals surface area (Å²) in [6.07, 6.45) is 93.8. The van der Waals surface area contributed by atoms with Crippen LogP contribution in [0.5, 0.6) is 0 Å². The highest BCUT2D eigenvalue weighted by Gasteiger charge is 2.19. The lowest BCUT2D eigenvalue weighted by Gasteiger charge is -2.18. The maximum Gasteiger partial charge on any atom is 0.306 e. The lowest BCUT2D eigenvalue weighted by molar-refractivity contribution is -0.167. The molecule has 0 bridgehead atoms. The van der Waals surface area contributed by atoms with E-state index < -0.39 is 6.10 Å². The molecule has 0 radical (unpaired) electrons. The van der Waals surface area contributed by atoms with Crippen molar-refractivity contribution in [3.8, 4) is 0 Å². The van der Waals surface area contributed by atoms with Crippen LogP contribution in [-0.2, 0) is 28.6 Å².